The van der Waals surface area contributed by atoms with Crippen molar-refractivity contribution in [3.05, 3.63) is 69.8 Å². The van der Waals surface area contributed by atoms with Gasteiger partial charge in [0.1, 0.15) is 11.4 Å². The Bertz CT molecular complexity index is 836. The minimum atomic E-state index is -0.419. The van der Waals surface area contributed by atoms with Crippen LogP contribution in [0.3, 0.4) is 0 Å². The quantitative estimate of drug-likeness (QED) is 0.593. The Morgan fingerprint density at radius 1 is 1.26 bits per heavy atom. The van der Waals surface area contributed by atoms with Crippen molar-refractivity contribution in [2.45, 2.75) is 37.7 Å². The van der Waals surface area contributed by atoms with E-state index in [-0.39, 0.29) is 23.2 Å². The lowest BCUT2D eigenvalue weighted by molar-refractivity contribution is -0.384. The van der Waals surface area contributed by atoms with E-state index in [1.807, 2.05) is 38.1 Å². The number of rotatable bonds is 6. The summed E-state index contributed by atoms with van der Waals surface area (Å²) in [5.74, 6) is 1.75. The Morgan fingerprint density at radius 3 is 2.67 bits per heavy atom. The molecule has 27 heavy (non-hydrogen) atoms. The van der Waals surface area contributed by atoms with Gasteiger partial charge in [-0.3, -0.25) is 14.9 Å². The van der Waals surface area contributed by atoms with Crippen LogP contribution in [0.25, 0.3) is 0 Å². The normalized spacial score (nSPS) is 17.5. The first-order valence-electron chi connectivity index (χ1n) is 8.72. The van der Waals surface area contributed by atoms with Crippen molar-refractivity contribution in [2.75, 3.05) is 5.75 Å². The fraction of sp³-hybridized carbons (Fsp3) is 0.350. The number of carbonyl (C=O) groups is 1. The van der Waals surface area contributed by atoms with Crippen LogP contribution in [0.5, 0.6) is 5.75 Å². The fourth-order valence-corrected chi connectivity index (χ4v) is 3.94. The summed E-state index contributed by atoms with van der Waals surface area (Å²) in [4.78, 5) is 22.7. The molecule has 0 saturated carbocycles. The summed E-state index contributed by atoms with van der Waals surface area (Å²) in [6, 6.07) is 14.1. The van der Waals surface area contributed by atoms with Crippen molar-refractivity contribution in [1.82, 2.24) is 5.32 Å². The minimum absolute atomic E-state index is 0.0283. The van der Waals surface area contributed by atoms with Crippen molar-refractivity contribution >= 4 is 23.4 Å². The summed E-state index contributed by atoms with van der Waals surface area (Å²) >= 11 is 1.49. The molecule has 0 aromatic heterocycles. The second kappa shape index (κ2) is 8.00. The number of amides is 1. The molecule has 1 N–H and O–H groups in total. The average Bonchev–Trinajstić information content (AvgIpc) is 2.61. The van der Waals surface area contributed by atoms with Crippen LogP contribution in [0.1, 0.15) is 37.4 Å². The highest BCUT2D eigenvalue weighted by atomic mass is 32.2. The number of hydrogen-bond acceptors (Lipinski definition) is 5. The molecular weight excluding hydrogens is 364 g/mol. The molecule has 1 amide bonds. The summed E-state index contributed by atoms with van der Waals surface area (Å²) in [7, 11) is 0. The molecule has 0 spiro atoms. The molecule has 1 atom stereocenters. The highest BCUT2D eigenvalue weighted by Gasteiger charge is 2.34. The molecule has 0 radical (unpaired) electrons. The van der Waals surface area contributed by atoms with Gasteiger partial charge in [-0.15, -0.1) is 11.8 Å². The summed E-state index contributed by atoms with van der Waals surface area (Å²) in [5, 5.41) is 13.8. The first kappa shape index (κ1) is 19.2. The van der Waals surface area contributed by atoms with Crippen LogP contribution in [-0.2, 0) is 10.5 Å². The van der Waals surface area contributed by atoms with Crippen LogP contribution >= 0.6 is 11.8 Å². The molecule has 3 rings (SSSR count). The van der Waals surface area contributed by atoms with E-state index in [0.29, 0.717) is 17.9 Å². The Kier molecular flexibility index (Phi) is 5.70. The smallest absolute Gasteiger partial charge is 0.269 e. The van der Waals surface area contributed by atoms with Crippen LogP contribution in [0.2, 0.25) is 0 Å². The van der Waals surface area contributed by atoms with Gasteiger partial charge in [0, 0.05) is 29.9 Å². The van der Waals surface area contributed by atoms with Crippen molar-refractivity contribution in [2.24, 2.45) is 0 Å². The van der Waals surface area contributed by atoms with Crippen molar-refractivity contribution in [3.63, 3.8) is 0 Å². The average molecular weight is 386 g/mol. The molecule has 0 bridgehead atoms. The summed E-state index contributed by atoms with van der Waals surface area (Å²) in [5.41, 5.74) is 1.70. The number of para-hydroxylation sites is 1. The Hall–Kier alpha value is -2.54. The molecule has 1 aliphatic heterocycles. The molecule has 1 aliphatic rings. The fourth-order valence-electron chi connectivity index (χ4n) is 3.14. The van der Waals surface area contributed by atoms with Crippen molar-refractivity contribution in [3.8, 4) is 5.75 Å². The van der Waals surface area contributed by atoms with Gasteiger partial charge in [-0.1, -0.05) is 30.3 Å². The largest absolute Gasteiger partial charge is 0.487 e. The predicted molar refractivity (Wildman–Crippen MR) is 106 cm³/mol. The summed E-state index contributed by atoms with van der Waals surface area (Å²) in [6.45, 7) is 4.04. The number of hydrogen-bond donors (Lipinski definition) is 1. The molecule has 0 unspecified atom stereocenters. The van der Waals surface area contributed by atoms with Gasteiger partial charge in [-0.2, -0.15) is 0 Å². The monoisotopic (exact) mass is 386 g/mol. The Labute approximate surface area is 162 Å². The maximum Gasteiger partial charge on any atom is 0.269 e. The third kappa shape index (κ3) is 5.01. The van der Waals surface area contributed by atoms with Gasteiger partial charge in [-0.25, -0.2) is 0 Å². The van der Waals surface area contributed by atoms with E-state index < -0.39 is 4.92 Å². The number of thioether (sulfide) groups is 1. The van der Waals surface area contributed by atoms with Gasteiger partial charge in [-0.05, 0) is 25.5 Å². The number of nitrogens with one attached hydrogen (secondary N) is 1. The SMILES string of the molecule is CC1(C)C[C@H](NC(=O)CSCc2ccc([N+](=O)[O-])cc2)c2ccccc2O1. The van der Waals surface area contributed by atoms with Crippen molar-refractivity contribution in [1.29, 1.82) is 0 Å². The van der Waals surface area contributed by atoms with E-state index in [1.165, 1.54) is 23.9 Å². The maximum atomic E-state index is 12.4. The molecule has 7 heteroatoms. The number of carbonyl (C=O) groups excluding carboxylic acids is 1. The maximum absolute atomic E-state index is 12.4. The zero-order valence-corrected chi connectivity index (χ0v) is 16.1. The number of ether oxygens (including phenoxy) is 1. The van der Waals surface area contributed by atoms with E-state index in [2.05, 4.69) is 5.32 Å². The van der Waals surface area contributed by atoms with E-state index in [4.69, 9.17) is 4.74 Å². The van der Waals surface area contributed by atoms with Crippen molar-refractivity contribution < 1.29 is 14.5 Å². The standard InChI is InChI=1S/C20H22N2O4S/c1-20(2)11-17(16-5-3-4-6-18(16)26-20)21-19(23)13-27-12-14-7-9-15(10-8-14)22(24)25/h3-10,17H,11-13H2,1-2H3,(H,21,23)/t17-/m0/s1. The third-order valence-corrected chi connectivity index (χ3v) is 5.36. The van der Waals surface area contributed by atoms with Gasteiger partial charge in [0.05, 0.1) is 16.7 Å². The van der Waals surface area contributed by atoms with E-state index in [9.17, 15) is 14.9 Å². The zero-order valence-electron chi connectivity index (χ0n) is 15.3. The van der Waals surface area contributed by atoms with Gasteiger partial charge < -0.3 is 10.1 Å². The van der Waals surface area contributed by atoms with Gasteiger partial charge >= 0.3 is 0 Å². The molecule has 1 heterocycles. The molecule has 0 aliphatic carbocycles. The second-order valence-electron chi connectivity index (χ2n) is 7.14. The van der Waals surface area contributed by atoms with Gasteiger partial charge in [0.25, 0.3) is 5.69 Å². The highest BCUT2D eigenvalue weighted by Crippen LogP contribution is 2.39. The second-order valence-corrected chi connectivity index (χ2v) is 8.13. The van der Waals surface area contributed by atoms with Crippen LogP contribution in [0, 0.1) is 10.1 Å². The van der Waals surface area contributed by atoms with Gasteiger partial charge in [0.2, 0.25) is 5.91 Å². The molecule has 6 nitrogen and oxygen atoms in total. The van der Waals surface area contributed by atoms with Crippen LogP contribution in [0.15, 0.2) is 48.5 Å². The number of nitro groups is 1. The lowest BCUT2D eigenvalue weighted by Crippen LogP contribution is -2.41. The highest BCUT2D eigenvalue weighted by molar-refractivity contribution is 7.99. The lowest BCUT2D eigenvalue weighted by Gasteiger charge is -2.37. The first-order valence-corrected chi connectivity index (χ1v) is 9.88. The molecule has 142 valence electrons. The number of benzene rings is 2. The molecular formula is C20H22N2O4S. The van der Waals surface area contributed by atoms with Gasteiger partial charge in [0.15, 0.2) is 0 Å². The van der Waals surface area contributed by atoms with E-state index in [1.54, 1.807) is 12.1 Å². The minimum Gasteiger partial charge on any atom is -0.487 e. The van der Waals surface area contributed by atoms with Crippen LogP contribution in [0.4, 0.5) is 5.69 Å². The topological polar surface area (TPSA) is 81.5 Å². The number of non-ortho nitro benzene ring substituents is 1. The molecule has 0 saturated heterocycles. The van der Waals surface area contributed by atoms with E-state index >= 15 is 0 Å². The Morgan fingerprint density at radius 2 is 1.96 bits per heavy atom. The number of nitrogens with zero attached hydrogens (tertiary/aromatic N) is 1. The molecule has 2 aromatic rings. The zero-order chi connectivity index (χ0) is 19.4. The van der Waals surface area contributed by atoms with Crippen LogP contribution < -0.4 is 10.1 Å². The molecule has 2 aromatic carbocycles. The Balaban J connectivity index is 1.54. The van der Waals surface area contributed by atoms with Crippen LogP contribution in [-0.4, -0.2) is 22.2 Å². The first-order chi connectivity index (χ1) is 12.8. The predicted octanol–water partition coefficient (Wildman–Crippen LogP) is 4.25. The number of nitro benzene ring substituents is 1. The summed E-state index contributed by atoms with van der Waals surface area (Å²) < 4.78 is 5.99. The summed E-state index contributed by atoms with van der Waals surface area (Å²) in [6.07, 6.45) is 0.711. The lowest BCUT2D eigenvalue weighted by atomic mass is 9.90. The number of fused-ring (bicyclic) bond motifs is 1. The molecule has 0 fully saturated rings. The third-order valence-electron chi connectivity index (χ3n) is 4.36. The van der Waals surface area contributed by atoms with E-state index in [0.717, 1.165) is 16.9 Å².